The standard InChI is InChI=1S/C22H25FN2O2/c1-3-24(4-2)22(27)19-15-25(14-18(19)16-10-6-5-7-11-16)21(26)17-12-8-9-13-20(17)23/h5-13,18-19H,3-4,14-15H2,1-2H3/t18-,19-/m1/s1. The molecule has 0 radical (unpaired) electrons. The molecule has 0 spiro atoms. The molecule has 0 bridgehead atoms. The fourth-order valence-corrected chi connectivity index (χ4v) is 3.83. The van der Waals surface area contributed by atoms with E-state index >= 15 is 0 Å². The first-order chi connectivity index (χ1) is 13.1. The Bertz CT molecular complexity index is 805. The average Bonchev–Trinajstić information content (AvgIpc) is 3.15. The summed E-state index contributed by atoms with van der Waals surface area (Å²) in [6, 6.07) is 15.8. The molecule has 27 heavy (non-hydrogen) atoms. The fourth-order valence-electron chi connectivity index (χ4n) is 3.83. The third-order valence-corrected chi connectivity index (χ3v) is 5.33. The van der Waals surface area contributed by atoms with Crippen LogP contribution in [0.4, 0.5) is 4.39 Å². The molecule has 2 aromatic rings. The van der Waals surface area contributed by atoms with E-state index in [9.17, 15) is 14.0 Å². The van der Waals surface area contributed by atoms with Crippen LogP contribution >= 0.6 is 0 Å². The highest BCUT2D eigenvalue weighted by Crippen LogP contribution is 2.35. The van der Waals surface area contributed by atoms with Gasteiger partial charge in [0, 0.05) is 32.1 Å². The Morgan fingerprint density at radius 1 is 1.00 bits per heavy atom. The number of benzene rings is 2. The first-order valence-electron chi connectivity index (χ1n) is 9.44. The Morgan fingerprint density at radius 2 is 1.63 bits per heavy atom. The number of hydrogen-bond acceptors (Lipinski definition) is 2. The summed E-state index contributed by atoms with van der Waals surface area (Å²) >= 11 is 0. The van der Waals surface area contributed by atoms with Gasteiger partial charge in [-0.15, -0.1) is 0 Å². The van der Waals surface area contributed by atoms with E-state index in [1.54, 1.807) is 21.9 Å². The lowest BCUT2D eigenvalue weighted by atomic mass is 9.88. The Hall–Kier alpha value is -2.69. The largest absolute Gasteiger partial charge is 0.343 e. The van der Waals surface area contributed by atoms with Gasteiger partial charge < -0.3 is 9.80 Å². The molecule has 142 valence electrons. The summed E-state index contributed by atoms with van der Waals surface area (Å²) in [6.45, 7) is 5.90. The fraction of sp³-hybridized carbons (Fsp3) is 0.364. The Kier molecular flexibility index (Phi) is 5.89. The van der Waals surface area contributed by atoms with Gasteiger partial charge in [-0.1, -0.05) is 42.5 Å². The lowest BCUT2D eigenvalue weighted by molar-refractivity contribution is -0.135. The molecule has 1 heterocycles. The van der Waals surface area contributed by atoms with Crippen LogP contribution < -0.4 is 0 Å². The molecule has 1 aliphatic heterocycles. The molecule has 2 amide bonds. The first kappa shape index (κ1) is 19.1. The molecule has 0 saturated carbocycles. The summed E-state index contributed by atoms with van der Waals surface area (Å²) in [5.74, 6) is -1.24. The van der Waals surface area contributed by atoms with Crippen molar-refractivity contribution in [3.05, 3.63) is 71.5 Å². The van der Waals surface area contributed by atoms with Gasteiger partial charge in [-0.05, 0) is 31.5 Å². The van der Waals surface area contributed by atoms with Crippen molar-refractivity contribution < 1.29 is 14.0 Å². The monoisotopic (exact) mass is 368 g/mol. The highest BCUT2D eigenvalue weighted by Gasteiger charge is 2.42. The smallest absolute Gasteiger partial charge is 0.256 e. The second-order valence-electron chi connectivity index (χ2n) is 6.82. The van der Waals surface area contributed by atoms with E-state index in [4.69, 9.17) is 0 Å². The summed E-state index contributed by atoms with van der Waals surface area (Å²) in [7, 11) is 0. The van der Waals surface area contributed by atoms with Crippen LogP contribution in [0.15, 0.2) is 54.6 Å². The van der Waals surface area contributed by atoms with Crippen molar-refractivity contribution in [3.63, 3.8) is 0 Å². The predicted molar refractivity (Wildman–Crippen MR) is 103 cm³/mol. The minimum Gasteiger partial charge on any atom is -0.343 e. The Balaban J connectivity index is 1.90. The Labute approximate surface area is 159 Å². The van der Waals surface area contributed by atoms with Crippen LogP contribution in [-0.2, 0) is 4.79 Å². The number of halogens is 1. The molecule has 5 heteroatoms. The van der Waals surface area contributed by atoms with Gasteiger partial charge in [-0.25, -0.2) is 4.39 Å². The molecule has 3 rings (SSSR count). The van der Waals surface area contributed by atoms with E-state index in [1.807, 2.05) is 44.2 Å². The number of nitrogens with zero attached hydrogens (tertiary/aromatic N) is 2. The van der Waals surface area contributed by atoms with Crippen molar-refractivity contribution in [3.8, 4) is 0 Å². The Morgan fingerprint density at radius 3 is 2.26 bits per heavy atom. The highest BCUT2D eigenvalue weighted by atomic mass is 19.1. The second-order valence-corrected chi connectivity index (χ2v) is 6.82. The van der Waals surface area contributed by atoms with Gasteiger partial charge in [0.1, 0.15) is 5.82 Å². The van der Waals surface area contributed by atoms with Crippen molar-refractivity contribution in [2.24, 2.45) is 5.92 Å². The SMILES string of the molecule is CCN(CC)C(=O)[C@@H]1CN(C(=O)c2ccccc2F)C[C@@H]1c1ccccc1. The van der Waals surface area contributed by atoms with Crippen molar-refractivity contribution in [1.82, 2.24) is 9.80 Å². The van der Waals surface area contributed by atoms with Crippen LogP contribution in [-0.4, -0.2) is 47.8 Å². The topological polar surface area (TPSA) is 40.6 Å². The molecule has 4 nitrogen and oxygen atoms in total. The average molecular weight is 368 g/mol. The van der Waals surface area contributed by atoms with Crippen LogP contribution in [0.3, 0.4) is 0 Å². The van der Waals surface area contributed by atoms with E-state index in [0.717, 1.165) is 5.56 Å². The molecule has 0 aliphatic carbocycles. The number of rotatable bonds is 5. The minimum absolute atomic E-state index is 0.0534. The van der Waals surface area contributed by atoms with Crippen LogP contribution in [0.2, 0.25) is 0 Å². The summed E-state index contributed by atoms with van der Waals surface area (Å²) in [5, 5.41) is 0. The van der Waals surface area contributed by atoms with Crippen molar-refractivity contribution >= 4 is 11.8 Å². The molecule has 2 aromatic carbocycles. The molecule has 0 aromatic heterocycles. The zero-order valence-electron chi connectivity index (χ0n) is 15.8. The van der Waals surface area contributed by atoms with E-state index in [2.05, 4.69) is 0 Å². The minimum atomic E-state index is -0.530. The zero-order chi connectivity index (χ0) is 19.4. The maximum Gasteiger partial charge on any atom is 0.256 e. The molecule has 1 aliphatic rings. The number of carbonyl (C=O) groups is 2. The zero-order valence-corrected chi connectivity index (χ0v) is 15.8. The summed E-state index contributed by atoms with van der Waals surface area (Å²) in [4.78, 5) is 29.4. The van der Waals surface area contributed by atoms with Crippen molar-refractivity contribution in [2.45, 2.75) is 19.8 Å². The van der Waals surface area contributed by atoms with Crippen LogP contribution in [0.25, 0.3) is 0 Å². The van der Waals surface area contributed by atoms with E-state index in [-0.39, 0.29) is 29.2 Å². The summed E-state index contributed by atoms with van der Waals surface area (Å²) < 4.78 is 14.1. The van der Waals surface area contributed by atoms with Gasteiger partial charge in [-0.3, -0.25) is 9.59 Å². The number of hydrogen-bond donors (Lipinski definition) is 0. The third kappa shape index (κ3) is 3.87. The van der Waals surface area contributed by atoms with Crippen LogP contribution in [0.5, 0.6) is 0 Å². The molecule has 1 saturated heterocycles. The maximum atomic E-state index is 14.1. The number of amides is 2. The number of likely N-dealkylation sites (tertiary alicyclic amines) is 1. The summed E-state index contributed by atoms with van der Waals surface area (Å²) in [5.41, 5.74) is 1.09. The normalized spacial score (nSPS) is 19.1. The number of carbonyl (C=O) groups excluding carboxylic acids is 2. The van der Waals surface area contributed by atoms with E-state index < -0.39 is 5.82 Å². The second kappa shape index (κ2) is 8.33. The van der Waals surface area contributed by atoms with E-state index in [1.165, 1.54) is 12.1 Å². The lowest BCUT2D eigenvalue weighted by Gasteiger charge is -2.25. The van der Waals surface area contributed by atoms with Crippen LogP contribution in [0.1, 0.15) is 35.7 Å². The highest BCUT2D eigenvalue weighted by molar-refractivity contribution is 5.95. The molecule has 0 unspecified atom stereocenters. The molecular formula is C22H25FN2O2. The predicted octanol–water partition coefficient (Wildman–Crippen LogP) is 3.55. The van der Waals surface area contributed by atoms with Gasteiger partial charge in [0.15, 0.2) is 0 Å². The quantitative estimate of drug-likeness (QED) is 0.810. The lowest BCUT2D eigenvalue weighted by Crippen LogP contribution is -2.39. The first-order valence-corrected chi connectivity index (χ1v) is 9.44. The van der Waals surface area contributed by atoms with Gasteiger partial charge in [0.25, 0.3) is 5.91 Å². The molecule has 1 fully saturated rings. The van der Waals surface area contributed by atoms with Crippen molar-refractivity contribution in [2.75, 3.05) is 26.2 Å². The van der Waals surface area contributed by atoms with Gasteiger partial charge in [0.05, 0.1) is 11.5 Å². The van der Waals surface area contributed by atoms with Crippen LogP contribution in [0, 0.1) is 11.7 Å². The van der Waals surface area contributed by atoms with E-state index in [0.29, 0.717) is 26.2 Å². The van der Waals surface area contributed by atoms with Gasteiger partial charge >= 0.3 is 0 Å². The van der Waals surface area contributed by atoms with Crippen molar-refractivity contribution in [1.29, 1.82) is 0 Å². The molecule has 0 N–H and O–H groups in total. The third-order valence-electron chi connectivity index (χ3n) is 5.33. The molecular weight excluding hydrogens is 343 g/mol. The van der Waals surface area contributed by atoms with Gasteiger partial charge in [0.2, 0.25) is 5.91 Å². The van der Waals surface area contributed by atoms with Gasteiger partial charge in [-0.2, -0.15) is 0 Å². The molecule has 2 atom stereocenters. The maximum absolute atomic E-state index is 14.1. The summed E-state index contributed by atoms with van der Waals surface area (Å²) in [6.07, 6.45) is 0.